The molecule has 3 N–H and O–H groups in total. The van der Waals surface area contributed by atoms with Crippen molar-refractivity contribution in [1.82, 2.24) is 0 Å². The number of halogens is 1. The van der Waals surface area contributed by atoms with Crippen molar-refractivity contribution in [2.45, 2.75) is 12.8 Å². The number of anilines is 2. The Bertz CT molecular complexity index is 359. The average Bonchev–Trinajstić information content (AvgIpc) is 2.31. The van der Waals surface area contributed by atoms with Crippen LogP contribution in [0.2, 0.25) is 0 Å². The minimum absolute atomic E-state index is 0.301. The van der Waals surface area contributed by atoms with Gasteiger partial charge in [-0.1, -0.05) is 0 Å². The van der Waals surface area contributed by atoms with Gasteiger partial charge in [-0.25, -0.2) is 4.39 Å². The normalized spacial score (nSPS) is 10.3. The Morgan fingerprint density at radius 2 is 2.06 bits per heavy atom. The number of ether oxygens (including phenoxy) is 2. The first-order chi connectivity index (χ1) is 8.19. The maximum absolute atomic E-state index is 13.5. The molecule has 0 bridgehead atoms. The monoisotopic (exact) mass is 242 g/mol. The predicted octanol–water partition coefficient (Wildman–Crippen LogP) is 2.25. The standard InChI is InChI=1S/C12H19FN2O2/c1-16-6-4-3-5-15-11-8-12(17-2)10(14)7-9(11)13/h7-8,15H,3-6,14H2,1-2H3. The second kappa shape index (κ2) is 6.96. The molecule has 0 unspecified atom stereocenters. The predicted molar refractivity (Wildman–Crippen MR) is 67.0 cm³/mol. The van der Waals surface area contributed by atoms with Crippen molar-refractivity contribution in [3.63, 3.8) is 0 Å². The van der Waals surface area contributed by atoms with Crippen LogP contribution in [-0.4, -0.2) is 27.4 Å². The highest BCUT2D eigenvalue weighted by molar-refractivity contribution is 5.62. The lowest BCUT2D eigenvalue weighted by Crippen LogP contribution is -2.06. The average molecular weight is 242 g/mol. The number of hydrogen-bond acceptors (Lipinski definition) is 4. The van der Waals surface area contributed by atoms with E-state index in [0.29, 0.717) is 23.7 Å². The van der Waals surface area contributed by atoms with E-state index in [9.17, 15) is 4.39 Å². The van der Waals surface area contributed by atoms with E-state index in [4.69, 9.17) is 15.2 Å². The van der Waals surface area contributed by atoms with Crippen molar-refractivity contribution in [3.8, 4) is 5.75 Å². The van der Waals surface area contributed by atoms with Crippen molar-refractivity contribution < 1.29 is 13.9 Å². The Labute approximate surface area is 101 Å². The summed E-state index contributed by atoms with van der Waals surface area (Å²) in [7, 11) is 3.17. The fourth-order valence-corrected chi connectivity index (χ4v) is 1.48. The van der Waals surface area contributed by atoms with Gasteiger partial charge in [0.1, 0.15) is 11.6 Å². The molecule has 0 aromatic heterocycles. The number of methoxy groups -OCH3 is 2. The van der Waals surface area contributed by atoms with Crippen molar-refractivity contribution >= 4 is 11.4 Å². The van der Waals surface area contributed by atoms with Crippen LogP contribution in [0.5, 0.6) is 5.75 Å². The van der Waals surface area contributed by atoms with E-state index in [1.54, 1.807) is 13.2 Å². The van der Waals surface area contributed by atoms with Gasteiger partial charge in [-0.2, -0.15) is 0 Å². The molecule has 0 atom stereocenters. The second-order valence-corrected chi connectivity index (χ2v) is 3.70. The van der Waals surface area contributed by atoms with E-state index in [2.05, 4.69) is 5.32 Å². The van der Waals surface area contributed by atoms with Gasteiger partial charge in [-0.3, -0.25) is 0 Å². The molecule has 1 aromatic carbocycles. The number of rotatable bonds is 7. The van der Waals surface area contributed by atoms with Gasteiger partial charge >= 0.3 is 0 Å². The molecule has 0 heterocycles. The highest BCUT2D eigenvalue weighted by Crippen LogP contribution is 2.28. The fraction of sp³-hybridized carbons (Fsp3) is 0.500. The molecule has 0 spiro atoms. The third-order valence-electron chi connectivity index (χ3n) is 2.41. The molecule has 4 nitrogen and oxygen atoms in total. The van der Waals surface area contributed by atoms with E-state index < -0.39 is 0 Å². The molecule has 0 radical (unpaired) electrons. The van der Waals surface area contributed by atoms with Gasteiger partial charge in [0.05, 0.1) is 18.5 Å². The number of nitrogens with one attached hydrogen (secondary N) is 1. The van der Waals surface area contributed by atoms with E-state index in [1.165, 1.54) is 13.2 Å². The minimum atomic E-state index is -0.366. The molecule has 5 heteroatoms. The summed E-state index contributed by atoms with van der Waals surface area (Å²) in [5, 5.41) is 3.01. The lowest BCUT2D eigenvalue weighted by atomic mass is 10.2. The minimum Gasteiger partial charge on any atom is -0.495 e. The highest BCUT2D eigenvalue weighted by atomic mass is 19.1. The summed E-state index contributed by atoms with van der Waals surface area (Å²) in [5.74, 6) is 0.112. The van der Waals surface area contributed by atoms with Crippen molar-refractivity contribution in [2.75, 3.05) is 38.4 Å². The van der Waals surface area contributed by atoms with Crippen LogP contribution in [0.15, 0.2) is 12.1 Å². The van der Waals surface area contributed by atoms with Crippen molar-refractivity contribution in [3.05, 3.63) is 17.9 Å². The highest BCUT2D eigenvalue weighted by Gasteiger charge is 2.07. The largest absolute Gasteiger partial charge is 0.495 e. The molecule has 0 saturated carbocycles. The quantitative estimate of drug-likeness (QED) is 0.569. The molecule has 17 heavy (non-hydrogen) atoms. The molecule has 0 fully saturated rings. The van der Waals surface area contributed by atoms with E-state index in [-0.39, 0.29) is 5.82 Å². The van der Waals surface area contributed by atoms with Gasteiger partial charge in [0.25, 0.3) is 0 Å². The SMILES string of the molecule is COCCCCNc1cc(OC)c(N)cc1F. The second-order valence-electron chi connectivity index (χ2n) is 3.70. The lowest BCUT2D eigenvalue weighted by Gasteiger charge is -2.11. The first-order valence-electron chi connectivity index (χ1n) is 5.55. The zero-order chi connectivity index (χ0) is 12.7. The third-order valence-corrected chi connectivity index (χ3v) is 2.41. The van der Waals surface area contributed by atoms with Gasteiger partial charge in [0.15, 0.2) is 0 Å². The maximum Gasteiger partial charge on any atom is 0.148 e. The summed E-state index contributed by atoms with van der Waals surface area (Å²) in [5.41, 5.74) is 6.30. The smallest absolute Gasteiger partial charge is 0.148 e. The summed E-state index contributed by atoms with van der Waals surface area (Å²) >= 11 is 0. The van der Waals surface area contributed by atoms with Gasteiger partial charge in [-0.05, 0) is 12.8 Å². The molecular weight excluding hydrogens is 223 g/mol. The zero-order valence-electron chi connectivity index (χ0n) is 10.3. The Morgan fingerprint density at radius 3 is 2.71 bits per heavy atom. The molecule has 1 aromatic rings. The van der Waals surface area contributed by atoms with Crippen LogP contribution < -0.4 is 15.8 Å². The number of nitrogens with two attached hydrogens (primary N) is 1. The van der Waals surface area contributed by atoms with Crippen LogP contribution in [0.1, 0.15) is 12.8 Å². The molecule has 0 saturated heterocycles. The first kappa shape index (κ1) is 13.6. The summed E-state index contributed by atoms with van der Waals surface area (Å²) in [6, 6.07) is 2.83. The van der Waals surface area contributed by atoms with Crippen LogP contribution in [-0.2, 0) is 4.74 Å². The number of nitrogen functional groups attached to an aromatic ring is 1. The van der Waals surface area contributed by atoms with Crippen molar-refractivity contribution in [1.29, 1.82) is 0 Å². The maximum atomic E-state index is 13.5. The summed E-state index contributed by atoms with van der Waals surface area (Å²) < 4.78 is 23.5. The van der Waals surface area contributed by atoms with Crippen molar-refractivity contribution in [2.24, 2.45) is 0 Å². The molecule has 0 aliphatic heterocycles. The van der Waals surface area contributed by atoms with E-state index in [0.717, 1.165) is 19.4 Å². The first-order valence-corrected chi connectivity index (χ1v) is 5.55. The van der Waals surface area contributed by atoms with Crippen LogP contribution in [0, 0.1) is 5.82 Å². The summed E-state index contributed by atoms with van der Waals surface area (Å²) in [6.45, 7) is 1.41. The molecule has 1 rings (SSSR count). The lowest BCUT2D eigenvalue weighted by molar-refractivity contribution is 0.194. The van der Waals surface area contributed by atoms with E-state index >= 15 is 0 Å². The summed E-state index contributed by atoms with van der Waals surface area (Å²) in [6.07, 6.45) is 1.86. The van der Waals surface area contributed by atoms with Gasteiger partial charge in [0, 0.05) is 32.4 Å². The molecule has 96 valence electrons. The van der Waals surface area contributed by atoms with Gasteiger partial charge in [0.2, 0.25) is 0 Å². The zero-order valence-corrected chi connectivity index (χ0v) is 10.3. The Morgan fingerprint density at radius 1 is 1.29 bits per heavy atom. The molecule has 0 aliphatic carbocycles. The molecule has 0 aliphatic rings. The fourth-order valence-electron chi connectivity index (χ4n) is 1.48. The van der Waals surface area contributed by atoms with Crippen LogP contribution in [0.25, 0.3) is 0 Å². The Balaban J connectivity index is 2.52. The number of unbranched alkanes of at least 4 members (excludes halogenated alkanes) is 1. The number of benzene rings is 1. The number of hydrogen-bond donors (Lipinski definition) is 2. The van der Waals surface area contributed by atoms with Gasteiger partial charge in [-0.15, -0.1) is 0 Å². The van der Waals surface area contributed by atoms with E-state index in [1.807, 2.05) is 0 Å². The third kappa shape index (κ3) is 4.11. The Hall–Kier alpha value is -1.49. The van der Waals surface area contributed by atoms with Crippen LogP contribution in [0.4, 0.5) is 15.8 Å². The summed E-state index contributed by atoms with van der Waals surface area (Å²) in [4.78, 5) is 0. The molecular formula is C12H19FN2O2. The Kier molecular flexibility index (Phi) is 5.56. The molecule has 0 amide bonds. The topological polar surface area (TPSA) is 56.5 Å². The van der Waals surface area contributed by atoms with Crippen LogP contribution >= 0.6 is 0 Å². The van der Waals surface area contributed by atoms with Crippen LogP contribution in [0.3, 0.4) is 0 Å². The van der Waals surface area contributed by atoms with Gasteiger partial charge < -0.3 is 20.5 Å².